The number of ether oxygens (including phenoxy) is 1. The summed E-state index contributed by atoms with van der Waals surface area (Å²) in [5.74, 6) is 0.0790. The number of carbonyl (C=O) groups excluding carboxylic acids is 1. The van der Waals surface area contributed by atoms with Gasteiger partial charge in [0.1, 0.15) is 0 Å². The standard InChI is InChI=1S/C10H20N2O2/c1-8-10(2,5-7-14-8)12-9(13)4-3-6-11/h8H,3-7,11H2,1-2H3,(H,12,13). The van der Waals surface area contributed by atoms with Gasteiger partial charge in [-0.15, -0.1) is 0 Å². The molecular formula is C10H20N2O2. The molecule has 0 aromatic heterocycles. The topological polar surface area (TPSA) is 64.3 Å². The first-order chi connectivity index (χ1) is 6.58. The summed E-state index contributed by atoms with van der Waals surface area (Å²) in [6, 6.07) is 0. The molecular weight excluding hydrogens is 180 g/mol. The molecule has 4 nitrogen and oxygen atoms in total. The molecule has 1 saturated heterocycles. The van der Waals surface area contributed by atoms with Crippen LogP contribution >= 0.6 is 0 Å². The first kappa shape index (κ1) is 11.5. The van der Waals surface area contributed by atoms with Crippen LogP contribution in [0.25, 0.3) is 0 Å². The van der Waals surface area contributed by atoms with Gasteiger partial charge in [-0.25, -0.2) is 0 Å². The van der Waals surface area contributed by atoms with Gasteiger partial charge in [0, 0.05) is 13.0 Å². The SMILES string of the molecule is CC1OCCC1(C)NC(=O)CCCN. The van der Waals surface area contributed by atoms with Gasteiger partial charge < -0.3 is 15.8 Å². The van der Waals surface area contributed by atoms with Crippen LogP contribution in [0.15, 0.2) is 0 Å². The zero-order valence-electron chi connectivity index (χ0n) is 9.01. The fourth-order valence-corrected chi connectivity index (χ4v) is 1.64. The van der Waals surface area contributed by atoms with Crippen molar-refractivity contribution < 1.29 is 9.53 Å². The molecule has 1 rings (SSSR count). The summed E-state index contributed by atoms with van der Waals surface area (Å²) < 4.78 is 5.43. The smallest absolute Gasteiger partial charge is 0.220 e. The molecule has 2 unspecified atom stereocenters. The first-order valence-electron chi connectivity index (χ1n) is 5.21. The van der Waals surface area contributed by atoms with Crippen molar-refractivity contribution in [3.63, 3.8) is 0 Å². The summed E-state index contributed by atoms with van der Waals surface area (Å²) in [7, 11) is 0. The Morgan fingerprint density at radius 2 is 2.43 bits per heavy atom. The van der Waals surface area contributed by atoms with Crippen LogP contribution in [0, 0.1) is 0 Å². The maximum absolute atomic E-state index is 11.5. The van der Waals surface area contributed by atoms with Gasteiger partial charge in [-0.2, -0.15) is 0 Å². The summed E-state index contributed by atoms with van der Waals surface area (Å²) >= 11 is 0. The average molecular weight is 200 g/mol. The average Bonchev–Trinajstić information content (AvgIpc) is 2.43. The Morgan fingerprint density at radius 3 is 2.93 bits per heavy atom. The molecule has 0 radical (unpaired) electrons. The number of nitrogens with one attached hydrogen (secondary N) is 1. The van der Waals surface area contributed by atoms with Gasteiger partial charge in [0.25, 0.3) is 0 Å². The summed E-state index contributed by atoms with van der Waals surface area (Å²) in [6.07, 6.45) is 2.25. The molecule has 0 saturated carbocycles. The minimum absolute atomic E-state index is 0.0790. The minimum Gasteiger partial charge on any atom is -0.376 e. The zero-order chi connectivity index (χ0) is 10.6. The predicted molar refractivity (Wildman–Crippen MR) is 54.9 cm³/mol. The van der Waals surface area contributed by atoms with E-state index in [4.69, 9.17) is 10.5 Å². The Labute approximate surface area is 85.2 Å². The lowest BCUT2D eigenvalue weighted by Gasteiger charge is -2.28. The van der Waals surface area contributed by atoms with Crippen molar-refractivity contribution in [2.45, 2.75) is 44.8 Å². The molecule has 1 amide bonds. The van der Waals surface area contributed by atoms with Crippen molar-refractivity contribution in [1.29, 1.82) is 0 Å². The van der Waals surface area contributed by atoms with E-state index in [9.17, 15) is 4.79 Å². The van der Waals surface area contributed by atoms with Crippen LogP contribution in [0.2, 0.25) is 0 Å². The molecule has 0 aromatic carbocycles. The molecule has 1 aliphatic rings. The highest BCUT2D eigenvalue weighted by Gasteiger charge is 2.37. The molecule has 0 aliphatic carbocycles. The lowest BCUT2D eigenvalue weighted by Crippen LogP contribution is -2.50. The van der Waals surface area contributed by atoms with E-state index in [0.29, 0.717) is 13.0 Å². The number of hydrogen-bond acceptors (Lipinski definition) is 3. The van der Waals surface area contributed by atoms with E-state index >= 15 is 0 Å². The molecule has 14 heavy (non-hydrogen) atoms. The number of carbonyl (C=O) groups is 1. The highest BCUT2D eigenvalue weighted by Crippen LogP contribution is 2.24. The lowest BCUT2D eigenvalue weighted by atomic mass is 9.94. The third kappa shape index (κ3) is 2.69. The summed E-state index contributed by atoms with van der Waals surface area (Å²) in [4.78, 5) is 11.5. The van der Waals surface area contributed by atoms with Crippen molar-refractivity contribution in [2.24, 2.45) is 5.73 Å². The Kier molecular flexibility index (Phi) is 3.89. The molecule has 4 heteroatoms. The minimum atomic E-state index is -0.189. The van der Waals surface area contributed by atoms with Gasteiger partial charge in [-0.3, -0.25) is 4.79 Å². The molecule has 0 aromatic rings. The van der Waals surface area contributed by atoms with Crippen LogP contribution < -0.4 is 11.1 Å². The van der Waals surface area contributed by atoms with Crippen molar-refractivity contribution in [3.8, 4) is 0 Å². The van der Waals surface area contributed by atoms with E-state index in [-0.39, 0.29) is 17.6 Å². The van der Waals surface area contributed by atoms with E-state index < -0.39 is 0 Å². The van der Waals surface area contributed by atoms with Crippen LogP contribution in [-0.2, 0) is 9.53 Å². The second kappa shape index (κ2) is 4.75. The molecule has 0 bridgehead atoms. The zero-order valence-corrected chi connectivity index (χ0v) is 9.01. The largest absolute Gasteiger partial charge is 0.376 e. The Bertz CT molecular complexity index is 208. The monoisotopic (exact) mass is 200 g/mol. The molecule has 2 atom stereocenters. The summed E-state index contributed by atoms with van der Waals surface area (Å²) in [6.45, 7) is 5.33. The second-order valence-electron chi connectivity index (χ2n) is 4.12. The van der Waals surface area contributed by atoms with Crippen LogP contribution in [-0.4, -0.2) is 30.7 Å². The molecule has 0 spiro atoms. The first-order valence-corrected chi connectivity index (χ1v) is 5.21. The van der Waals surface area contributed by atoms with Gasteiger partial charge in [0.15, 0.2) is 0 Å². The number of amides is 1. The van der Waals surface area contributed by atoms with Crippen molar-refractivity contribution in [3.05, 3.63) is 0 Å². The maximum Gasteiger partial charge on any atom is 0.220 e. The maximum atomic E-state index is 11.5. The highest BCUT2D eigenvalue weighted by molar-refractivity contribution is 5.76. The van der Waals surface area contributed by atoms with E-state index in [1.165, 1.54) is 0 Å². The quantitative estimate of drug-likeness (QED) is 0.691. The summed E-state index contributed by atoms with van der Waals surface area (Å²) in [5.41, 5.74) is 5.15. The predicted octanol–water partition coefficient (Wildman–Crippen LogP) is 0.409. The number of nitrogens with two attached hydrogens (primary N) is 1. The molecule has 1 heterocycles. The number of hydrogen-bond donors (Lipinski definition) is 2. The molecule has 3 N–H and O–H groups in total. The lowest BCUT2D eigenvalue weighted by molar-refractivity contribution is -0.123. The van der Waals surface area contributed by atoms with Crippen LogP contribution in [0.3, 0.4) is 0 Å². The van der Waals surface area contributed by atoms with Gasteiger partial charge >= 0.3 is 0 Å². The normalized spacial score (nSPS) is 31.8. The Morgan fingerprint density at radius 1 is 1.71 bits per heavy atom. The van der Waals surface area contributed by atoms with Gasteiger partial charge in [-0.05, 0) is 33.2 Å². The molecule has 82 valence electrons. The second-order valence-corrected chi connectivity index (χ2v) is 4.12. The highest BCUT2D eigenvalue weighted by atomic mass is 16.5. The Balaban J connectivity index is 2.38. The van der Waals surface area contributed by atoms with Gasteiger partial charge in [0.2, 0.25) is 5.91 Å². The van der Waals surface area contributed by atoms with E-state index in [1.54, 1.807) is 0 Å². The fraction of sp³-hybridized carbons (Fsp3) is 0.900. The summed E-state index contributed by atoms with van der Waals surface area (Å²) in [5, 5.41) is 3.02. The fourth-order valence-electron chi connectivity index (χ4n) is 1.64. The van der Waals surface area contributed by atoms with Gasteiger partial charge in [0.05, 0.1) is 11.6 Å². The van der Waals surface area contributed by atoms with Gasteiger partial charge in [-0.1, -0.05) is 0 Å². The number of rotatable bonds is 4. The van der Waals surface area contributed by atoms with Crippen LogP contribution in [0.1, 0.15) is 33.1 Å². The van der Waals surface area contributed by atoms with E-state index in [1.807, 2.05) is 13.8 Å². The van der Waals surface area contributed by atoms with Crippen molar-refractivity contribution in [1.82, 2.24) is 5.32 Å². The van der Waals surface area contributed by atoms with E-state index in [2.05, 4.69) is 5.32 Å². The third-order valence-corrected chi connectivity index (χ3v) is 2.92. The van der Waals surface area contributed by atoms with Crippen molar-refractivity contribution in [2.75, 3.05) is 13.2 Å². The van der Waals surface area contributed by atoms with Crippen LogP contribution in [0.5, 0.6) is 0 Å². The molecule has 1 aliphatic heterocycles. The Hall–Kier alpha value is -0.610. The van der Waals surface area contributed by atoms with Crippen LogP contribution in [0.4, 0.5) is 0 Å². The molecule has 1 fully saturated rings. The third-order valence-electron chi connectivity index (χ3n) is 2.92. The van der Waals surface area contributed by atoms with E-state index in [0.717, 1.165) is 19.4 Å². The van der Waals surface area contributed by atoms with Crippen molar-refractivity contribution >= 4 is 5.91 Å².